The summed E-state index contributed by atoms with van der Waals surface area (Å²) < 4.78 is 1.70. The number of carbonyl (C=O) groups excluding carboxylic acids is 1. The lowest BCUT2D eigenvalue weighted by Crippen LogP contribution is -2.39. The number of likely N-dealkylation sites (tertiary alicyclic amines) is 1. The number of aryl methyl sites for hydroxylation is 2. The largest absolute Gasteiger partial charge is 0.341 e. The molecule has 2 aromatic rings. The van der Waals surface area contributed by atoms with Gasteiger partial charge in [-0.2, -0.15) is 0 Å². The van der Waals surface area contributed by atoms with Crippen molar-refractivity contribution in [3.05, 3.63) is 26.6 Å². The van der Waals surface area contributed by atoms with E-state index in [1.54, 1.807) is 15.9 Å². The molecule has 0 saturated carbocycles. The molecule has 0 aromatic carbocycles. The molecule has 0 radical (unpaired) electrons. The van der Waals surface area contributed by atoms with Crippen LogP contribution in [0.25, 0.3) is 10.2 Å². The Morgan fingerprint density at radius 1 is 1.07 bits per heavy atom. The molecule has 7 heteroatoms. The van der Waals surface area contributed by atoms with E-state index in [-0.39, 0.29) is 18.0 Å². The maximum absolute atomic E-state index is 13.7. The highest BCUT2D eigenvalue weighted by Gasteiger charge is 2.25. The average molecular weight is 431 g/mol. The van der Waals surface area contributed by atoms with Gasteiger partial charge in [0.1, 0.15) is 17.2 Å². The molecule has 1 amide bonds. The van der Waals surface area contributed by atoms with E-state index < -0.39 is 0 Å². The SMILES string of the molecule is CCCN(CCC)C(=O)Cn1c(CN2CCCC2)nc2sc3c(c2c1=O)CCCC3. The zero-order valence-corrected chi connectivity index (χ0v) is 19.2. The van der Waals surface area contributed by atoms with Crippen LogP contribution >= 0.6 is 11.3 Å². The highest BCUT2D eigenvalue weighted by atomic mass is 32.1. The van der Waals surface area contributed by atoms with Crippen LogP contribution in [0.1, 0.15) is 68.6 Å². The lowest BCUT2D eigenvalue weighted by molar-refractivity contribution is -0.132. The molecule has 0 N–H and O–H groups in total. The van der Waals surface area contributed by atoms with Crippen LogP contribution < -0.4 is 5.56 Å². The summed E-state index contributed by atoms with van der Waals surface area (Å²) in [6.07, 6.45) is 8.58. The fraction of sp³-hybridized carbons (Fsp3) is 0.696. The van der Waals surface area contributed by atoms with Crippen LogP contribution in [0.3, 0.4) is 0 Å². The second-order valence-electron chi connectivity index (χ2n) is 8.67. The van der Waals surface area contributed by atoms with E-state index in [2.05, 4.69) is 18.7 Å². The van der Waals surface area contributed by atoms with E-state index >= 15 is 0 Å². The Labute approximate surface area is 182 Å². The van der Waals surface area contributed by atoms with Crippen molar-refractivity contribution < 1.29 is 4.79 Å². The van der Waals surface area contributed by atoms with Gasteiger partial charge in [-0.1, -0.05) is 13.8 Å². The van der Waals surface area contributed by atoms with Crippen LogP contribution in [0.4, 0.5) is 0 Å². The second kappa shape index (κ2) is 9.60. The number of aromatic nitrogens is 2. The highest BCUT2D eigenvalue weighted by molar-refractivity contribution is 7.18. The van der Waals surface area contributed by atoms with Crippen LogP contribution in [0, 0.1) is 0 Å². The summed E-state index contributed by atoms with van der Waals surface area (Å²) >= 11 is 1.70. The Balaban J connectivity index is 1.75. The first-order valence-electron chi connectivity index (χ1n) is 11.7. The lowest BCUT2D eigenvalue weighted by Gasteiger charge is -2.23. The fourth-order valence-corrected chi connectivity index (χ4v) is 6.11. The summed E-state index contributed by atoms with van der Waals surface area (Å²) in [5, 5.41) is 0.783. The molecule has 0 bridgehead atoms. The molecule has 2 aliphatic rings. The minimum Gasteiger partial charge on any atom is -0.341 e. The van der Waals surface area contributed by atoms with Gasteiger partial charge < -0.3 is 4.90 Å². The minimum atomic E-state index is -0.00473. The standard InChI is InChI=1S/C23H34N4O2S/c1-3-11-26(12-4-2)20(28)16-27-19(15-25-13-7-8-14-25)24-22-21(23(27)29)17-9-5-6-10-18(17)30-22/h3-16H2,1-2H3. The predicted octanol–water partition coefficient (Wildman–Crippen LogP) is 3.58. The summed E-state index contributed by atoms with van der Waals surface area (Å²) in [4.78, 5) is 38.2. The molecule has 1 aliphatic heterocycles. The number of rotatable bonds is 8. The molecule has 0 unspecified atom stereocenters. The predicted molar refractivity (Wildman–Crippen MR) is 122 cm³/mol. The van der Waals surface area contributed by atoms with E-state index in [1.165, 1.54) is 29.7 Å². The molecule has 164 valence electrons. The van der Waals surface area contributed by atoms with Crippen molar-refractivity contribution in [1.82, 2.24) is 19.4 Å². The number of amides is 1. The van der Waals surface area contributed by atoms with Crippen LogP contribution in [0.15, 0.2) is 4.79 Å². The zero-order chi connectivity index (χ0) is 21.1. The number of hydrogen-bond donors (Lipinski definition) is 0. The molecule has 30 heavy (non-hydrogen) atoms. The molecule has 6 nitrogen and oxygen atoms in total. The van der Waals surface area contributed by atoms with Gasteiger partial charge in [-0.05, 0) is 70.0 Å². The van der Waals surface area contributed by atoms with Gasteiger partial charge in [0.15, 0.2) is 0 Å². The van der Waals surface area contributed by atoms with Crippen LogP contribution in [0.2, 0.25) is 0 Å². The molecule has 4 rings (SSSR count). The Bertz CT molecular complexity index is 952. The third kappa shape index (κ3) is 4.33. The maximum atomic E-state index is 13.7. The Kier molecular flexibility index (Phi) is 6.88. The van der Waals surface area contributed by atoms with Gasteiger partial charge in [0, 0.05) is 18.0 Å². The van der Waals surface area contributed by atoms with Crippen LogP contribution in [0.5, 0.6) is 0 Å². The molecule has 1 saturated heterocycles. The third-order valence-electron chi connectivity index (χ3n) is 6.35. The van der Waals surface area contributed by atoms with Crippen molar-refractivity contribution in [3.8, 4) is 0 Å². The second-order valence-corrected chi connectivity index (χ2v) is 9.76. The smallest absolute Gasteiger partial charge is 0.263 e. The molecule has 3 heterocycles. The topological polar surface area (TPSA) is 58.4 Å². The average Bonchev–Trinajstić information content (AvgIpc) is 3.37. The van der Waals surface area contributed by atoms with Gasteiger partial charge in [0.25, 0.3) is 5.56 Å². The van der Waals surface area contributed by atoms with Crippen molar-refractivity contribution in [1.29, 1.82) is 0 Å². The number of thiophene rings is 1. The summed E-state index contributed by atoms with van der Waals surface area (Å²) in [5.41, 5.74) is 1.20. The first-order chi connectivity index (χ1) is 14.6. The molecule has 1 aliphatic carbocycles. The van der Waals surface area contributed by atoms with E-state index in [9.17, 15) is 9.59 Å². The van der Waals surface area contributed by atoms with E-state index in [0.717, 1.165) is 74.3 Å². The van der Waals surface area contributed by atoms with Crippen LogP contribution in [-0.4, -0.2) is 51.4 Å². The molecular formula is C23H34N4O2S. The highest BCUT2D eigenvalue weighted by Crippen LogP contribution is 2.34. The summed E-state index contributed by atoms with van der Waals surface area (Å²) in [5.74, 6) is 0.794. The van der Waals surface area contributed by atoms with Gasteiger partial charge in [0.2, 0.25) is 5.91 Å². The van der Waals surface area contributed by atoms with Crippen molar-refractivity contribution in [3.63, 3.8) is 0 Å². The van der Waals surface area contributed by atoms with Crippen molar-refractivity contribution in [2.24, 2.45) is 0 Å². The molecule has 2 aromatic heterocycles. The number of hydrogen-bond acceptors (Lipinski definition) is 5. The minimum absolute atomic E-state index is 0.00473. The lowest BCUT2D eigenvalue weighted by atomic mass is 9.97. The van der Waals surface area contributed by atoms with Gasteiger partial charge in [0.05, 0.1) is 11.9 Å². The first kappa shape index (κ1) is 21.5. The van der Waals surface area contributed by atoms with Crippen molar-refractivity contribution in [2.75, 3.05) is 26.2 Å². The van der Waals surface area contributed by atoms with Crippen LogP contribution in [-0.2, 0) is 30.7 Å². The molecular weight excluding hydrogens is 396 g/mol. The Hall–Kier alpha value is -1.73. The summed E-state index contributed by atoms with van der Waals surface area (Å²) in [6, 6.07) is 0. The molecule has 1 fully saturated rings. The third-order valence-corrected chi connectivity index (χ3v) is 7.54. The maximum Gasteiger partial charge on any atom is 0.263 e. The Morgan fingerprint density at radius 3 is 2.47 bits per heavy atom. The summed E-state index contributed by atoms with van der Waals surface area (Å²) in [7, 11) is 0. The van der Waals surface area contributed by atoms with E-state index in [1.807, 2.05) is 4.90 Å². The number of nitrogens with zero attached hydrogens (tertiary/aromatic N) is 4. The summed E-state index contributed by atoms with van der Waals surface area (Å²) in [6.45, 7) is 8.51. The quantitative estimate of drug-likeness (QED) is 0.642. The molecule has 0 spiro atoms. The van der Waals surface area contributed by atoms with Crippen molar-refractivity contribution in [2.45, 2.75) is 78.3 Å². The molecule has 0 atom stereocenters. The van der Waals surface area contributed by atoms with Gasteiger partial charge in [-0.3, -0.25) is 19.1 Å². The number of carbonyl (C=O) groups is 1. The van der Waals surface area contributed by atoms with E-state index in [4.69, 9.17) is 4.98 Å². The van der Waals surface area contributed by atoms with Gasteiger partial charge in [-0.25, -0.2) is 4.98 Å². The monoisotopic (exact) mass is 430 g/mol. The fourth-order valence-electron chi connectivity index (χ4n) is 4.84. The normalized spacial score (nSPS) is 16.9. The van der Waals surface area contributed by atoms with Gasteiger partial charge in [-0.15, -0.1) is 11.3 Å². The van der Waals surface area contributed by atoms with Crippen molar-refractivity contribution >= 4 is 27.5 Å². The van der Waals surface area contributed by atoms with E-state index in [0.29, 0.717) is 6.54 Å². The zero-order valence-electron chi connectivity index (χ0n) is 18.4. The Morgan fingerprint density at radius 2 is 1.77 bits per heavy atom. The first-order valence-corrected chi connectivity index (χ1v) is 12.5. The number of fused-ring (bicyclic) bond motifs is 3. The van der Waals surface area contributed by atoms with Gasteiger partial charge >= 0.3 is 0 Å².